The average Bonchev–Trinajstić information content (AvgIpc) is 3.18. The predicted molar refractivity (Wildman–Crippen MR) is 101 cm³/mol. The monoisotopic (exact) mass is 376 g/mol. The minimum Gasteiger partial charge on any atom is -0.495 e. The lowest BCUT2D eigenvalue weighted by molar-refractivity contribution is 0.102. The molecule has 0 bridgehead atoms. The molecule has 1 amide bonds. The minimum absolute atomic E-state index is 0.299. The fourth-order valence-corrected chi connectivity index (χ4v) is 2.55. The van der Waals surface area contributed by atoms with Crippen molar-refractivity contribution in [3.8, 4) is 17.2 Å². The van der Waals surface area contributed by atoms with Crippen molar-refractivity contribution in [1.82, 2.24) is 24.6 Å². The topological polar surface area (TPSA) is 104 Å². The second-order valence-electron chi connectivity index (χ2n) is 5.96. The van der Waals surface area contributed by atoms with Crippen LogP contribution in [0.2, 0.25) is 0 Å². The average molecular weight is 376 g/mol. The summed E-state index contributed by atoms with van der Waals surface area (Å²) in [6, 6.07) is 6.88. The second kappa shape index (κ2) is 7.31. The largest absolute Gasteiger partial charge is 0.495 e. The van der Waals surface area contributed by atoms with Gasteiger partial charge in [-0.3, -0.25) is 9.78 Å². The number of carbonyl (C=O) groups is 1. The molecule has 0 atom stereocenters. The van der Waals surface area contributed by atoms with Crippen LogP contribution in [0.4, 0.5) is 5.82 Å². The van der Waals surface area contributed by atoms with E-state index in [2.05, 4.69) is 25.4 Å². The summed E-state index contributed by atoms with van der Waals surface area (Å²) in [7, 11) is 1.55. The van der Waals surface area contributed by atoms with E-state index >= 15 is 0 Å². The highest BCUT2D eigenvalue weighted by atomic mass is 16.5. The van der Waals surface area contributed by atoms with Gasteiger partial charge in [0.15, 0.2) is 5.65 Å². The normalized spacial score (nSPS) is 10.6. The number of aryl methyl sites for hydroxylation is 1. The van der Waals surface area contributed by atoms with E-state index in [0.29, 0.717) is 34.3 Å². The van der Waals surface area contributed by atoms with E-state index in [9.17, 15) is 4.79 Å². The fraction of sp³-hybridized carbons (Fsp3) is 0.105. The molecule has 140 valence electrons. The quantitative estimate of drug-likeness (QED) is 0.571. The molecule has 0 saturated carbocycles. The van der Waals surface area contributed by atoms with Crippen molar-refractivity contribution in [3.05, 3.63) is 66.5 Å². The number of ether oxygens (including phenoxy) is 2. The third-order valence-electron chi connectivity index (χ3n) is 3.91. The Kier molecular flexibility index (Phi) is 4.55. The number of hydrogen-bond acceptors (Lipinski definition) is 7. The second-order valence-corrected chi connectivity index (χ2v) is 5.96. The lowest BCUT2D eigenvalue weighted by Gasteiger charge is -2.10. The summed E-state index contributed by atoms with van der Waals surface area (Å²) in [4.78, 5) is 25.2. The highest BCUT2D eigenvalue weighted by Crippen LogP contribution is 2.26. The Morgan fingerprint density at radius 1 is 1.07 bits per heavy atom. The van der Waals surface area contributed by atoms with E-state index in [4.69, 9.17) is 9.47 Å². The molecule has 0 spiro atoms. The van der Waals surface area contributed by atoms with Crippen LogP contribution in [-0.4, -0.2) is 37.6 Å². The maximum atomic E-state index is 12.8. The van der Waals surface area contributed by atoms with E-state index in [1.165, 1.54) is 10.8 Å². The number of nitrogens with zero attached hydrogens (tertiary/aromatic N) is 5. The van der Waals surface area contributed by atoms with E-state index in [-0.39, 0.29) is 5.91 Å². The highest BCUT2D eigenvalue weighted by molar-refractivity contribution is 6.08. The standard InChI is InChI=1S/C19H16N6O3/c1-12-3-4-17(21-7-12)24-19(26)16-6-15(10-25-18(16)22-11-23-25)28-14-5-13(27-2)8-20-9-14/h3-11H,1-2H3,(H,21,24,26). The van der Waals surface area contributed by atoms with Crippen LogP contribution in [0.5, 0.6) is 17.2 Å². The first-order valence-electron chi connectivity index (χ1n) is 8.36. The van der Waals surface area contributed by atoms with Gasteiger partial charge >= 0.3 is 0 Å². The maximum absolute atomic E-state index is 12.8. The number of nitrogens with one attached hydrogen (secondary N) is 1. The van der Waals surface area contributed by atoms with Crippen molar-refractivity contribution in [3.63, 3.8) is 0 Å². The highest BCUT2D eigenvalue weighted by Gasteiger charge is 2.16. The minimum atomic E-state index is -0.372. The number of fused-ring (bicyclic) bond motifs is 1. The third-order valence-corrected chi connectivity index (χ3v) is 3.91. The summed E-state index contributed by atoms with van der Waals surface area (Å²) >= 11 is 0. The smallest absolute Gasteiger partial charge is 0.260 e. The lowest BCUT2D eigenvalue weighted by atomic mass is 10.2. The number of pyridine rings is 3. The van der Waals surface area contributed by atoms with Crippen LogP contribution in [-0.2, 0) is 0 Å². The van der Waals surface area contributed by atoms with Gasteiger partial charge in [-0.25, -0.2) is 14.5 Å². The van der Waals surface area contributed by atoms with Crippen molar-refractivity contribution >= 4 is 17.4 Å². The summed E-state index contributed by atoms with van der Waals surface area (Å²) in [5.41, 5.74) is 1.70. The third kappa shape index (κ3) is 3.58. The van der Waals surface area contributed by atoms with E-state index in [0.717, 1.165) is 5.56 Å². The number of methoxy groups -OCH3 is 1. The molecule has 9 heteroatoms. The van der Waals surface area contributed by atoms with Gasteiger partial charge in [-0.1, -0.05) is 6.07 Å². The van der Waals surface area contributed by atoms with E-state index in [1.807, 2.05) is 13.0 Å². The Hall–Kier alpha value is -4.01. The van der Waals surface area contributed by atoms with Crippen LogP contribution in [0.3, 0.4) is 0 Å². The van der Waals surface area contributed by atoms with Gasteiger partial charge in [0.25, 0.3) is 5.91 Å². The Morgan fingerprint density at radius 3 is 2.71 bits per heavy atom. The van der Waals surface area contributed by atoms with Crippen molar-refractivity contribution in [2.24, 2.45) is 0 Å². The molecule has 4 aromatic heterocycles. The number of amides is 1. The zero-order valence-electron chi connectivity index (χ0n) is 15.2. The Bertz CT molecular complexity index is 1140. The van der Waals surface area contributed by atoms with Gasteiger partial charge in [0.2, 0.25) is 0 Å². The van der Waals surface area contributed by atoms with Crippen LogP contribution in [0, 0.1) is 6.92 Å². The summed E-state index contributed by atoms with van der Waals surface area (Å²) in [5, 5.41) is 6.86. The van der Waals surface area contributed by atoms with Crippen molar-refractivity contribution in [2.75, 3.05) is 12.4 Å². The molecule has 28 heavy (non-hydrogen) atoms. The fourth-order valence-electron chi connectivity index (χ4n) is 2.55. The Balaban J connectivity index is 1.66. The molecular formula is C19H16N6O3. The molecule has 0 aliphatic rings. The van der Waals surface area contributed by atoms with Crippen LogP contribution < -0.4 is 14.8 Å². The number of rotatable bonds is 5. The van der Waals surface area contributed by atoms with Gasteiger partial charge in [0, 0.05) is 12.3 Å². The molecular weight excluding hydrogens is 360 g/mol. The molecule has 0 aliphatic heterocycles. The maximum Gasteiger partial charge on any atom is 0.260 e. The number of hydrogen-bond donors (Lipinski definition) is 1. The molecule has 0 saturated heterocycles. The molecule has 0 unspecified atom stereocenters. The van der Waals surface area contributed by atoms with Crippen molar-refractivity contribution < 1.29 is 14.3 Å². The van der Waals surface area contributed by atoms with Crippen LogP contribution in [0.15, 0.2) is 55.4 Å². The first kappa shape index (κ1) is 17.4. The van der Waals surface area contributed by atoms with Gasteiger partial charge in [-0.2, -0.15) is 5.10 Å². The summed E-state index contributed by atoms with van der Waals surface area (Å²) in [5.74, 6) is 1.49. The molecule has 0 aromatic carbocycles. The molecule has 0 aliphatic carbocycles. The molecule has 4 aromatic rings. The van der Waals surface area contributed by atoms with Gasteiger partial charge in [-0.05, 0) is 24.6 Å². The summed E-state index contributed by atoms with van der Waals surface area (Å²) in [6.45, 7) is 1.92. The Morgan fingerprint density at radius 2 is 1.93 bits per heavy atom. The number of carbonyl (C=O) groups excluding carboxylic acids is 1. The van der Waals surface area contributed by atoms with Crippen molar-refractivity contribution in [2.45, 2.75) is 6.92 Å². The predicted octanol–water partition coefficient (Wildman–Crippen LogP) is 2.88. The molecule has 1 N–H and O–H groups in total. The zero-order chi connectivity index (χ0) is 19.5. The summed E-state index contributed by atoms with van der Waals surface area (Å²) < 4.78 is 12.4. The molecule has 0 fully saturated rings. The van der Waals surface area contributed by atoms with Crippen LogP contribution in [0.25, 0.3) is 5.65 Å². The van der Waals surface area contributed by atoms with Gasteiger partial charge < -0.3 is 14.8 Å². The molecule has 0 radical (unpaired) electrons. The first-order chi connectivity index (χ1) is 13.6. The van der Waals surface area contributed by atoms with E-state index in [1.54, 1.807) is 50.1 Å². The van der Waals surface area contributed by atoms with Gasteiger partial charge in [0.05, 0.1) is 31.3 Å². The molecule has 4 rings (SSSR count). The summed E-state index contributed by atoms with van der Waals surface area (Å²) in [6.07, 6.45) is 7.79. The molecule has 4 heterocycles. The number of anilines is 1. The van der Waals surface area contributed by atoms with Gasteiger partial charge in [0.1, 0.15) is 29.4 Å². The first-order valence-corrected chi connectivity index (χ1v) is 8.36. The van der Waals surface area contributed by atoms with Gasteiger partial charge in [-0.15, -0.1) is 0 Å². The van der Waals surface area contributed by atoms with E-state index < -0.39 is 0 Å². The Labute approximate surface area is 160 Å². The lowest BCUT2D eigenvalue weighted by Crippen LogP contribution is -2.14. The van der Waals surface area contributed by atoms with Crippen LogP contribution >= 0.6 is 0 Å². The van der Waals surface area contributed by atoms with Crippen molar-refractivity contribution in [1.29, 1.82) is 0 Å². The zero-order valence-corrected chi connectivity index (χ0v) is 15.2. The van der Waals surface area contributed by atoms with Crippen LogP contribution in [0.1, 0.15) is 15.9 Å². The SMILES string of the molecule is COc1cncc(Oc2cc(C(=O)Nc3ccc(C)cn3)c3ncnn3c2)c1. The molecule has 9 nitrogen and oxygen atoms in total. The number of aromatic nitrogens is 5.